The molecule has 8 heteroatoms. The number of aromatic nitrogens is 1. The number of amides is 1. The van der Waals surface area contributed by atoms with Crippen molar-refractivity contribution in [1.29, 1.82) is 0 Å². The second-order valence-electron chi connectivity index (χ2n) is 6.24. The van der Waals surface area contributed by atoms with Crippen LogP contribution in [0.25, 0.3) is 0 Å². The van der Waals surface area contributed by atoms with Gasteiger partial charge in [0.2, 0.25) is 15.9 Å². The van der Waals surface area contributed by atoms with Crippen LogP contribution in [0.3, 0.4) is 0 Å². The third-order valence-electron chi connectivity index (χ3n) is 4.62. The highest BCUT2D eigenvalue weighted by Crippen LogP contribution is 2.27. The highest BCUT2D eigenvalue weighted by molar-refractivity contribution is 7.89. The summed E-state index contributed by atoms with van der Waals surface area (Å²) in [5.41, 5.74) is 0. The van der Waals surface area contributed by atoms with Crippen molar-refractivity contribution < 1.29 is 13.2 Å². The number of sulfonamides is 1. The first-order valence-corrected chi connectivity index (χ1v) is 10.6. The van der Waals surface area contributed by atoms with Crippen molar-refractivity contribution in [3.8, 4) is 0 Å². The van der Waals surface area contributed by atoms with Crippen molar-refractivity contribution in [2.45, 2.75) is 44.4 Å². The lowest BCUT2D eigenvalue weighted by molar-refractivity contribution is -0.136. The fraction of sp³-hybridized carbons (Fsp3) is 0.647. The molecular formula is C17H26ClN3O3S. The van der Waals surface area contributed by atoms with Crippen LogP contribution in [0, 0.1) is 5.92 Å². The largest absolute Gasteiger partial charge is 0.343 e. The molecule has 0 aliphatic carbocycles. The van der Waals surface area contributed by atoms with Gasteiger partial charge in [-0.3, -0.25) is 4.79 Å². The molecule has 6 nitrogen and oxygen atoms in total. The highest BCUT2D eigenvalue weighted by atomic mass is 35.5. The van der Waals surface area contributed by atoms with Crippen LogP contribution >= 0.6 is 11.6 Å². The summed E-state index contributed by atoms with van der Waals surface area (Å²) in [6.07, 6.45) is 4.58. The van der Waals surface area contributed by atoms with E-state index in [4.69, 9.17) is 11.6 Å². The number of hydrogen-bond acceptors (Lipinski definition) is 4. The normalized spacial score (nSPS) is 16.8. The maximum atomic E-state index is 12.7. The summed E-state index contributed by atoms with van der Waals surface area (Å²) < 4.78 is 26.8. The van der Waals surface area contributed by atoms with Gasteiger partial charge in [0, 0.05) is 38.3 Å². The van der Waals surface area contributed by atoms with Gasteiger partial charge in [-0.25, -0.2) is 13.4 Å². The minimum atomic E-state index is -3.67. The highest BCUT2D eigenvalue weighted by Gasteiger charge is 2.34. The molecule has 1 amide bonds. The Balaban J connectivity index is 2.01. The molecule has 0 atom stereocenters. The van der Waals surface area contributed by atoms with E-state index in [0.29, 0.717) is 32.5 Å². The van der Waals surface area contributed by atoms with Crippen molar-refractivity contribution in [3.63, 3.8) is 0 Å². The summed E-state index contributed by atoms with van der Waals surface area (Å²) in [5.74, 6) is 0.0417. The Bertz CT molecular complexity index is 688. The molecular weight excluding hydrogens is 362 g/mol. The number of carbonyl (C=O) groups is 1. The average molecular weight is 388 g/mol. The predicted octanol–water partition coefficient (Wildman–Crippen LogP) is 2.78. The zero-order valence-electron chi connectivity index (χ0n) is 14.8. The molecule has 0 N–H and O–H groups in total. The van der Waals surface area contributed by atoms with Gasteiger partial charge in [0.25, 0.3) is 0 Å². The Hall–Kier alpha value is -1.18. The predicted molar refractivity (Wildman–Crippen MR) is 97.9 cm³/mol. The first-order valence-electron chi connectivity index (χ1n) is 8.81. The number of carbonyl (C=O) groups excluding carboxylic acids is 1. The summed E-state index contributed by atoms with van der Waals surface area (Å²) in [5, 5.41) is -0.0163. The molecule has 1 aliphatic heterocycles. The SMILES string of the molecule is CCCCN(CC)C(=O)C1CCN(S(=O)(=O)c2cccnc2Cl)CC1. The lowest BCUT2D eigenvalue weighted by Crippen LogP contribution is -2.44. The maximum Gasteiger partial charge on any atom is 0.246 e. The van der Waals surface area contributed by atoms with Crippen LogP contribution in [0.4, 0.5) is 0 Å². The van der Waals surface area contributed by atoms with E-state index in [-0.39, 0.29) is 21.9 Å². The standard InChI is InChI=1S/C17H26ClN3O3S/c1-3-5-11-20(4-2)17(22)14-8-12-21(13-9-14)25(23,24)15-7-6-10-19-16(15)18/h6-7,10,14H,3-5,8-9,11-13H2,1-2H3. The summed E-state index contributed by atoms with van der Waals surface area (Å²) in [4.78, 5) is 18.4. The zero-order valence-corrected chi connectivity index (χ0v) is 16.4. The molecule has 1 aromatic rings. The quantitative estimate of drug-likeness (QED) is 0.674. The van der Waals surface area contributed by atoms with E-state index in [2.05, 4.69) is 11.9 Å². The van der Waals surface area contributed by atoms with Crippen LogP contribution < -0.4 is 0 Å². The minimum Gasteiger partial charge on any atom is -0.343 e. The van der Waals surface area contributed by atoms with Gasteiger partial charge in [0.05, 0.1) is 0 Å². The number of rotatable bonds is 7. The Morgan fingerprint density at radius 1 is 1.36 bits per heavy atom. The molecule has 1 saturated heterocycles. The molecule has 2 heterocycles. The van der Waals surface area contributed by atoms with E-state index in [1.165, 1.54) is 16.6 Å². The van der Waals surface area contributed by atoms with Gasteiger partial charge in [-0.1, -0.05) is 24.9 Å². The molecule has 25 heavy (non-hydrogen) atoms. The summed E-state index contributed by atoms with van der Waals surface area (Å²) in [6, 6.07) is 3.02. The monoisotopic (exact) mass is 387 g/mol. The van der Waals surface area contributed by atoms with Crippen molar-refractivity contribution in [3.05, 3.63) is 23.5 Å². The second kappa shape index (κ2) is 8.96. The Morgan fingerprint density at radius 2 is 2.04 bits per heavy atom. The number of unbranched alkanes of at least 4 members (excludes halogenated alkanes) is 1. The van der Waals surface area contributed by atoms with E-state index >= 15 is 0 Å². The van der Waals surface area contributed by atoms with Crippen LogP contribution in [-0.2, 0) is 14.8 Å². The molecule has 1 fully saturated rings. The van der Waals surface area contributed by atoms with Crippen LogP contribution in [0.15, 0.2) is 23.2 Å². The molecule has 0 radical (unpaired) electrons. The molecule has 0 saturated carbocycles. The van der Waals surface area contributed by atoms with E-state index in [1.807, 2.05) is 11.8 Å². The lowest BCUT2D eigenvalue weighted by Gasteiger charge is -2.33. The van der Waals surface area contributed by atoms with Crippen LogP contribution in [0.2, 0.25) is 5.15 Å². The fourth-order valence-corrected chi connectivity index (χ4v) is 4.97. The second-order valence-corrected chi connectivity index (χ2v) is 8.51. The van der Waals surface area contributed by atoms with Gasteiger partial charge in [-0.2, -0.15) is 4.31 Å². The molecule has 0 unspecified atom stereocenters. The van der Waals surface area contributed by atoms with Crippen LogP contribution in [-0.4, -0.2) is 54.7 Å². The summed E-state index contributed by atoms with van der Waals surface area (Å²) in [6.45, 7) is 6.21. The lowest BCUT2D eigenvalue weighted by atomic mass is 9.96. The Kier molecular flexibility index (Phi) is 7.22. The first kappa shape index (κ1) is 20.1. The van der Waals surface area contributed by atoms with Gasteiger partial charge in [-0.05, 0) is 38.3 Å². The molecule has 1 aliphatic rings. The number of piperidine rings is 1. The molecule has 2 rings (SSSR count). The van der Waals surface area contributed by atoms with Crippen molar-refractivity contribution >= 4 is 27.5 Å². The molecule has 140 valence electrons. The van der Waals surface area contributed by atoms with E-state index < -0.39 is 10.0 Å². The van der Waals surface area contributed by atoms with E-state index in [0.717, 1.165) is 19.4 Å². The van der Waals surface area contributed by atoms with E-state index in [1.54, 1.807) is 6.07 Å². The van der Waals surface area contributed by atoms with Gasteiger partial charge in [0.1, 0.15) is 10.0 Å². The van der Waals surface area contributed by atoms with Crippen LogP contribution in [0.1, 0.15) is 39.5 Å². The number of hydrogen-bond donors (Lipinski definition) is 0. The van der Waals surface area contributed by atoms with Crippen molar-refractivity contribution in [1.82, 2.24) is 14.2 Å². The van der Waals surface area contributed by atoms with Gasteiger partial charge < -0.3 is 4.90 Å². The minimum absolute atomic E-state index is 0.0163. The number of pyridine rings is 1. The van der Waals surface area contributed by atoms with Crippen molar-refractivity contribution in [2.24, 2.45) is 5.92 Å². The topological polar surface area (TPSA) is 70.6 Å². The number of halogens is 1. The fourth-order valence-electron chi connectivity index (χ4n) is 3.08. The summed E-state index contributed by atoms with van der Waals surface area (Å²) in [7, 11) is -3.67. The Labute approximate surface area is 155 Å². The number of nitrogens with zero attached hydrogens (tertiary/aromatic N) is 3. The van der Waals surface area contributed by atoms with Gasteiger partial charge >= 0.3 is 0 Å². The van der Waals surface area contributed by atoms with E-state index in [9.17, 15) is 13.2 Å². The Morgan fingerprint density at radius 3 is 2.60 bits per heavy atom. The van der Waals surface area contributed by atoms with Gasteiger partial charge in [-0.15, -0.1) is 0 Å². The molecule has 1 aromatic heterocycles. The molecule has 0 bridgehead atoms. The zero-order chi connectivity index (χ0) is 18.4. The maximum absolute atomic E-state index is 12.7. The third-order valence-corrected chi connectivity index (χ3v) is 6.96. The third kappa shape index (κ3) is 4.71. The first-order chi connectivity index (χ1) is 11.9. The van der Waals surface area contributed by atoms with Crippen LogP contribution in [0.5, 0.6) is 0 Å². The van der Waals surface area contributed by atoms with Gasteiger partial charge in [0.15, 0.2) is 0 Å². The smallest absolute Gasteiger partial charge is 0.246 e. The molecule has 0 spiro atoms. The average Bonchev–Trinajstić information content (AvgIpc) is 2.62. The summed E-state index contributed by atoms with van der Waals surface area (Å²) >= 11 is 5.94. The van der Waals surface area contributed by atoms with Crippen molar-refractivity contribution in [2.75, 3.05) is 26.2 Å². The molecule has 0 aromatic carbocycles.